The van der Waals surface area contributed by atoms with Crippen molar-refractivity contribution in [2.45, 2.75) is 12.1 Å². The van der Waals surface area contributed by atoms with Crippen LogP contribution in [0.2, 0.25) is 5.02 Å². The predicted molar refractivity (Wildman–Crippen MR) is 85.5 cm³/mol. The number of nitrogens with one attached hydrogen (secondary N) is 3. The molecule has 1 aromatic heterocycles. The third kappa shape index (κ3) is 3.56. The van der Waals surface area contributed by atoms with Crippen molar-refractivity contribution in [3.05, 3.63) is 59.0 Å². The molecule has 3 rings (SSSR count). The van der Waals surface area contributed by atoms with Crippen molar-refractivity contribution < 1.29 is 14.3 Å². The molecule has 4 N–H and O–H groups in total. The van der Waals surface area contributed by atoms with E-state index in [9.17, 15) is 9.90 Å². The summed E-state index contributed by atoms with van der Waals surface area (Å²) in [5, 5.41) is 13.3. The fourth-order valence-electron chi connectivity index (χ4n) is 2.67. The molecule has 0 radical (unpaired) electrons. The van der Waals surface area contributed by atoms with Gasteiger partial charge in [0, 0.05) is 11.6 Å². The highest BCUT2D eigenvalue weighted by molar-refractivity contribution is 6.31. The van der Waals surface area contributed by atoms with Crippen molar-refractivity contribution in [3.8, 4) is 0 Å². The van der Waals surface area contributed by atoms with Crippen LogP contribution in [-0.4, -0.2) is 24.1 Å². The van der Waals surface area contributed by atoms with E-state index in [2.05, 4.69) is 16.2 Å². The molecule has 1 aromatic carbocycles. The average Bonchev–Trinajstić information content (AvgIpc) is 3.24. The maximum Gasteiger partial charge on any atom is 0.226 e. The molecule has 1 amide bonds. The number of amides is 1. The molecule has 0 saturated carbocycles. The summed E-state index contributed by atoms with van der Waals surface area (Å²) in [6, 6.07) is 10.6. The van der Waals surface area contributed by atoms with Gasteiger partial charge < -0.3 is 14.8 Å². The minimum Gasteiger partial charge on any atom is -0.467 e. The third-order valence-corrected chi connectivity index (χ3v) is 4.24. The molecule has 122 valence electrons. The van der Waals surface area contributed by atoms with Gasteiger partial charge >= 0.3 is 0 Å². The fraction of sp³-hybridized carbons (Fsp3) is 0.312. The lowest BCUT2D eigenvalue weighted by molar-refractivity contribution is -0.125. The van der Waals surface area contributed by atoms with Crippen LogP contribution in [0.5, 0.6) is 0 Å². The van der Waals surface area contributed by atoms with Crippen molar-refractivity contribution in [1.29, 1.82) is 0 Å². The van der Waals surface area contributed by atoms with E-state index >= 15 is 0 Å². The van der Waals surface area contributed by atoms with Crippen molar-refractivity contribution in [1.82, 2.24) is 16.2 Å². The van der Waals surface area contributed by atoms with E-state index in [0.29, 0.717) is 17.3 Å². The normalized spacial score (nSPS) is 22.0. The third-order valence-electron chi connectivity index (χ3n) is 3.90. The topological polar surface area (TPSA) is 86.5 Å². The highest BCUT2D eigenvalue weighted by Gasteiger charge is 2.35. The van der Waals surface area contributed by atoms with Gasteiger partial charge in [0.05, 0.1) is 24.8 Å². The number of aliphatic hydroxyl groups excluding tert-OH is 1. The smallest absolute Gasteiger partial charge is 0.226 e. The first-order valence-electron chi connectivity index (χ1n) is 7.39. The lowest BCUT2D eigenvalue weighted by Gasteiger charge is -2.20. The Hall–Kier alpha value is -1.86. The van der Waals surface area contributed by atoms with Gasteiger partial charge in [-0.15, -0.1) is 0 Å². The van der Waals surface area contributed by atoms with E-state index < -0.39 is 6.10 Å². The van der Waals surface area contributed by atoms with Crippen LogP contribution in [0.15, 0.2) is 47.1 Å². The molecule has 1 aliphatic heterocycles. The monoisotopic (exact) mass is 335 g/mol. The van der Waals surface area contributed by atoms with Crippen LogP contribution < -0.4 is 16.2 Å². The summed E-state index contributed by atoms with van der Waals surface area (Å²) in [6.07, 6.45) is 0.619. The van der Waals surface area contributed by atoms with E-state index in [4.69, 9.17) is 16.0 Å². The number of hydrazine groups is 1. The van der Waals surface area contributed by atoms with Crippen LogP contribution in [0.25, 0.3) is 0 Å². The lowest BCUT2D eigenvalue weighted by atomic mass is 9.94. The molecule has 0 aliphatic carbocycles. The summed E-state index contributed by atoms with van der Waals surface area (Å²) in [4.78, 5) is 12.4. The Morgan fingerprint density at radius 3 is 2.96 bits per heavy atom. The van der Waals surface area contributed by atoms with Crippen LogP contribution in [0.4, 0.5) is 0 Å². The minimum absolute atomic E-state index is 0.0953. The minimum atomic E-state index is -0.866. The molecule has 2 aromatic rings. The number of carbonyl (C=O) groups is 1. The molecule has 3 unspecified atom stereocenters. The van der Waals surface area contributed by atoms with E-state index in [1.54, 1.807) is 18.2 Å². The summed E-state index contributed by atoms with van der Waals surface area (Å²) in [6.45, 7) is 0.580. The van der Waals surface area contributed by atoms with Gasteiger partial charge in [-0.3, -0.25) is 10.2 Å². The molecule has 1 aliphatic rings. The Morgan fingerprint density at radius 2 is 2.22 bits per heavy atom. The van der Waals surface area contributed by atoms with Gasteiger partial charge in [0.2, 0.25) is 5.91 Å². The molecule has 1 fully saturated rings. The zero-order valence-corrected chi connectivity index (χ0v) is 13.1. The Labute approximate surface area is 138 Å². The predicted octanol–water partition coefficient (Wildman–Crippen LogP) is 1.55. The summed E-state index contributed by atoms with van der Waals surface area (Å²) in [5.41, 5.74) is 6.94. The lowest BCUT2D eigenvalue weighted by Crippen LogP contribution is -2.37. The summed E-state index contributed by atoms with van der Waals surface area (Å²) in [5.74, 6) is -0.0487. The summed E-state index contributed by atoms with van der Waals surface area (Å²) >= 11 is 6.22. The van der Waals surface area contributed by atoms with E-state index in [1.165, 1.54) is 6.26 Å². The van der Waals surface area contributed by atoms with Gasteiger partial charge in [-0.25, -0.2) is 5.43 Å². The van der Waals surface area contributed by atoms with Crippen molar-refractivity contribution >= 4 is 17.5 Å². The standard InChI is InChI=1S/C16H18ClN3O3/c17-12-5-2-1-4-10(12)15-11(8-19-20-15)16(22)18-9-13(21)14-6-3-7-23-14/h1-7,11,13,15,19-21H,8-9H2,(H,18,22). The fourth-order valence-corrected chi connectivity index (χ4v) is 2.93. The molecule has 1 saturated heterocycles. The second-order valence-electron chi connectivity index (χ2n) is 5.41. The van der Waals surface area contributed by atoms with Crippen molar-refractivity contribution in [2.75, 3.05) is 13.1 Å². The molecule has 3 atom stereocenters. The van der Waals surface area contributed by atoms with Crippen molar-refractivity contribution in [2.24, 2.45) is 5.92 Å². The van der Waals surface area contributed by atoms with Gasteiger partial charge in [-0.05, 0) is 23.8 Å². The van der Waals surface area contributed by atoms with Gasteiger partial charge in [0.1, 0.15) is 11.9 Å². The molecule has 7 heteroatoms. The number of aliphatic hydroxyl groups is 1. The van der Waals surface area contributed by atoms with E-state index in [-0.39, 0.29) is 24.4 Å². The van der Waals surface area contributed by atoms with Crippen LogP contribution in [-0.2, 0) is 4.79 Å². The number of benzene rings is 1. The van der Waals surface area contributed by atoms with Crippen LogP contribution >= 0.6 is 11.6 Å². The molecular formula is C16H18ClN3O3. The highest BCUT2D eigenvalue weighted by atomic mass is 35.5. The number of hydrogen-bond donors (Lipinski definition) is 4. The number of hydrogen-bond acceptors (Lipinski definition) is 5. The number of carbonyl (C=O) groups excluding carboxylic acids is 1. The molecule has 0 bridgehead atoms. The van der Waals surface area contributed by atoms with Gasteiger partial charge in [0.15, 0.2) is 0 Å². The zero-order valence-electron chi connectivity index (χ0n) is 12.3. The Kier molecular flexibility index (Phi) is 4.97. The van der Waals surface area contributed by atoms with Gasteiger partial charge in [0.25, 0.3) is 0 Å². The molecular weight excluding hydrogens is 318 g/mol. The SMILES string of the molecule is O=C(NCC(O)c1ccco1)C1CNNC1c1ccccc1Cl. The van der Waals surface area contributed by atoms with Gasteiger partial charge in [-0.2, -0.15) is 0 Å². The van der Waals surface area contributed by atoms with Crippen LogP contribution in [0, 0.1) is 5.92 Å². The summed E-state index contributed by atoms with van der Waals surface area (Å²) < 4.78 is 5.12. The molecule has 6 nitrogen and oxygen atoms in total. The van der Waals surface area contributed by atoms with Crippen molar-refractivity contribution in [3.63, 3.8) is 0 Å². The van der Waals surface area contributed by atoms with Crippen LogP contribution in [0.3, 0.4) is 0 Å². The molecule has 2 heterocycles. The number of halogens is 1. The maximum atomic E-state index is 12.4. The van der Waals surface area contributed by atoms with Crippen LogP contribution in [0.1, 0.15) is 23.5 Å². The first kappa shape index (κ1) is 16.0. The second kappa shape index (κ2) is 7.14. The first-order chi connectivity index (χ1) is 11.2. The quantitative estimate of drug-likeness (QED) is 0.666. The largest absolute Gasteiger partial charge is 0.467 e. The summed E-state index contributed by atoms with van der Waals surface area (Å²) in [7, 11) is 0. The average molecular weight is 336 g/mol. The second-order valence-corrected chi connectivity index (χ2v) is 5.81. The Morgan fingerprint density at radius 1 is 1.39 bits per heavy atom. The zero-order chi connectivity index (χ0) is 16.2. The molecule has 23 heavy (non-hydrogen) atoms. The van der Waals surface area contributed by atoms with Gasteiger partial charge in [-0.1, -0.05) is 29.8 Å². The maximum absolute atomic E-state index is 12.4. The Bertz CT molecular complexity index is 662. The van der Waals surface area contributed by atoms with E-state index in [0.717, 1.165) is 5.56 Å². The number of furan rings is 1. The first-order valence-corrected chi connectivity index (χ1v) is 7.76. The molecule has 0 spiro atoms. The Balaban J connectivity index is 1.63. The van der Waals surface area contributed by atoms with E-state index in [1.807, 2.05) is 18.2 Å². The number of rotatable bonds is 5. The highest BCUT2D eigenvalue weighted by Crippen LogP contribution is 2.30.